The Balaban J connectivity index is 1.76. The van der Waals surface area contributed by atoms with E-state index in [1.165, 1.54) is 11.3 Å². The predicted molar refractivity (Wildman–Crippen MR) is 127 cm³/mol. The van der Waals surface area contributed by atoms with Crippen molar-refractivity contribution in [2.75, 3.05) is 31.5 Å². The molecule has 0 atom stereocenters. The van der Waals surface area contributed by atoms with Crippen molar-refractivity contribution < 1.29 is 8.42 Å². The third-order valence-electron chi connectivity index (χ3n) is 4.86. The molecule has 0 aliphatic carbocycles. The second-order valence-corrected chi connectivity index (χ2v) is 10.1. The van der Waals surface area contributed by atoms with Crippen molar-refractivity contribution in [2.45, 2.75) is 32.1 Å². The molecular formula is C20H27ClN6O2S2. The monoisotopic (exact) mass is 482 g/mol. The van der Waals surface area contributed by atoms with Crippen molar-refractivity contribution >= 4 is 43.9 Å². The molecule has 0 saturated carbocycles. The Morgan fingerprint density at radius 3 is 2.68 bits per heavy atom. The number of thiazole rings is 1. The summed E-state index contributed by atoms with van der Waals surface area (Å²) in [5.74, 6) is 0.730. The minimum absolute atomic E-state index is 0.0744. The number of aryl methyl sites for hydroxylation is 1. The first-order valence-corrected chi connectivity index (χ1v) is 12.8. The van der Waals surface area contributed by atoms with Gasteiger partial charge in [-0.1, -0.05) is 42.9 Å². The summed E-state index contributed by atoms with van der Waals surface area (Å²) < 4.78 is 28.4. The number of hydrogen-bond donors (Lipinski definition) is 3. The molecule has 0 amide bonds. The summed E-state index contributed by atoms with van der Waals surface area (Å²) in [4.78, 5) is 7.73. The van der Waals surface area contributed by atoms with Gasteiger partial charge in [0.25, 0.3) is 0 Å². The van der Waals surface area contributed by atoms with E-state index in [1.807, 2.05) is 13.0 Å². The van der Waals surface area contributed by atoms with Crippen LogP contribution in [0.2, 0.25) is 5.02 Å². The quantitative estimate of drug-likeness (QED) is 0.353. The molecule has 3 N–H and O–H groups in total. The first-order chi connectivity index (χ1) is 14.8. The molecule has 0 fully saturated rings. The lowest BCUT2D eigenvalue weighted by atomic mass is 10.2. The molecule has 2 aromatic heterocycles. The van der Waals surface area contributed by atoms with E-state index in [9.17, 15) is 8.42 Å². The van der Waals surface area contributed by atoms with Gasteiger partial charge in [-0.05, 0) is 50.7 Å². The van der Waals surface area contributed by atoms with Crippen molar-refractivity contribution in [3.8, 4) is 10.4 Å². The van der Waals surface area contributed by atoms with Crippen molar-refractivity contribution in [1.82, 2.24) is 24.8 Å². The summed E-state index contributed by atoms with van der Waals surface area (Å²) in [6.45, 7) is 9.17. The minimum Gasteiger partial charge on any atom is -0.317 e. The van der Waals surface area contributed by atoms with Crippen molar-refractivity contribution in [1.29, 1.82) is 0 Å². The molecule has 0 aliphatic rings. The maximum Gasteiger partial charge on any atom is 0.242 e. The molecule has 31 heavy (non-hydrogen) atoms. The van der Waals surface area contributed by atoms with Gasteiger partial charge in [-0.15, -0.1) is 0 Å². The van der Waals surface area contributed by atoms with Crippen molar-refractivity contribution in [2.24, 2.45) is 0 Å². The van der Waals surface area contributed by atoms with E-state index in [1.54, 1.807) is 24.4 Å². The number of benzene rings is 1. The van der Waals surface area contributed by atoms with Crippen LogP contribution in [0, 0.1) is 6.92 Å². The fourth-order valence-corrected chi connectivity index (χ4v) is 5.71. The molecule has 0 aliphatic heterocycles. The average molecular weight is 483 g/mol. The molecule has 0 saturated heterocycles. The molecular weight excluding hydrogens is 456 g/mol. The van der Waals surface area contributed by atoms with Crippen LogP contribution in [-0.4, -0.2) is 54.7 Å². The van der Waals surface area contributed by atoms with Crippen LogP contribution in [0.3, 0.4) is 0 Å². The molecule has 3 aromatic rings. The van der Waals surface area contributed by atoms with E-state index in [0.29, 0.717) is 11.7 Å². The Hall–Kier alpha value is -1.98. The smallest absolute Gasteiger partial charge is 0.242 e. The van der Waals surface area contributed by atoms with Crippen LogP contribution >= 0.6 is 22.9 Å². The lowest BCUT2D eigenvalue weighted by Crippen LogP contribution is -2.30. The van der Waals surface area contributed by atoms with Crippen LogP contribution in [-0.2, 0) is 10.0 Å². The van der Waals surface area contributed by atoms with Gasteiger partial charge in [0.2, 0.25) is 10.0 Å². The van der Waals surface area contributed by atoms with E-state index >= 15 is 0 Å². The maximum atomic E-state index is 12.9. The Morgan fingerprint density at radius 2 is 2.00 bits per heavy atom. The number of nitrogens with one attached hydrogen (secondary N) is 3. The number of anilines is 2. The predicted octanol–water partition coefficient (Wildman–Crippen LogP) is 4.25. The van der Waals surface area contributed by atoms with Crippen molar-refractivity contribution in [3.63, 3.8) is 0 Å². The second kappa shape index (κ2) is 10.6. The highest BCUT2D eigenvalue weighted by atomic mass is 35.5. The van der Waals surface area contributed by atoms with Crippen LogP contribution in [0.25, 0.3) is 10.4 Å². The van der Waals surface area contributed by atoms with Gasteiger partial charge in [-0.3, -0.25) is 5.10 Å². The number of aromatic amines is 1. The van der Waals surface area contributed by atoms with Crippen LogP contribution in [0.15, 0.2) is 35.4 Å². The number of rotatable bonds is 11. The molecule has 0 radical (unpaired) electrons. The van der Waals surface area contributed by atoms with E-state index in [0.717, 1.165) is 48.0 Å². The third-order valence-corrected chi connectivity index (χ3v) is 7.92. The molecule has 0 bridgehead atoms. The lowest BCUT2D eigenvalue weighted by Gasteiger charge is -2.17. The van der Waals surface area contributed by atoms with Crippen LogP contribution in [0.1, 0.15) is 26.0 Å². The van der Waals surface area contributed by atoms with Crippen molar-refractivity contribution in [3.05, 3.63) is 41.2 Å². The van der Waals surface area contributed by atoms with E-state index in [-0.39, 0.29) is 9.92 Å². The van der Waals surface area contributed by atoms with Gasteiger partial charge in [-0.2, -0.15) is 5.10 Å². The molecule has 0 spiro atoms. The summed E-state index contributed by atoms with van der Waals surface area (Å²) >= 11 is 7.68. The lowest BCUT2D eigenvalue weighted by molar-refractivity contribution is 0.300. The zero-order valence-electron chi connectivity index (χ0n) is 17.8. The van der Waals surface area contributed by atoms with Gasteiger partial charge >= 0.3 is 0 Å². The zero-order valence-corrected chi connectivity index (χ0v) is 20.2. The molecule has 168 valence electrons. The number of hydrogen-bond acceptors (Lipinski definition) is 7. The summed E-state index contributed by atoms with van der Waals surface area (Å²) in [5, 5.41) is 10.8. The number of sulfonamides is 1. The average Bonchev–Trinajstić information content (AvgIpc) is 3.38. The summed E-state index contributed by atoms with van der Waals surface area (Å²) in [6.07, 6.45) is 2.38. The van der Waals surface area contributed by atoms with Crippen LogP contribution in [0.5, 0.6) is 0 Å². The van der Waals surface area contributed by atoms with E-state index < -0.39 is 10.0 Å². The summed E-state index contributed by atoms with van der Waals surface area (Å²) in [5.41, 5.74) is 1.55. The standard InChI is InChI=1S/C20H27ClN6O2S2/c1-4-27(5-2)12-6-10-23-31(28,29)17-13-15(7-8-16(17)21)19-14(3)24-20(30-19)25-18-9-11-22-26-18/h7-9,11,13,23H,4-6,10,12H2,1-3H3,(H2,22,24,25,26). The topological polar surface area (TPSA) is 103 Å². The Labute approximate surface area is 192 Å². The third kappa shape index (κ3) is 6.05. The zero-order chi connectivity index (χ0) is 22.4. The van der Waals surface area contributed by atoms with Gasteiger partial charge in [0.05, 0.1) is 21.8 Å². The van der Waals surface area contributed by atoms with Crippen LogP contribution in [0.4, 0.5) is 10.9 Å². The first-order valence-electron chi connectivity index (χ1n) is 10.1. The number of halogens is 1. The van der Waals surface area contributed by atoms with Gasteiger partial charge < -0.3 is 10.2 Å². The Kier molecular flexibility index (Phi) is 8.06. The summed E-state index contributed by atoms with van der Waals surface area (Å²) in [6, 6.07) is 6.83. The van der Waals surface area contributed by atoms with E-state index in [4.69, 9.17) is 11.6 Å². The Morgan fingerprint density at radius 1 is 1.23 bits per heavy atom. The molecule has 2 heterocycles. The normalized spacial score (nSPS) is 11.9. The number of H-pyrrole nitrogens is 1. The highest BCUT2D eigenvalue weighted by molar-refractivity contribution is 7.89. The molecule has 1 aromatic carbocycles. The molecule has 8 nitrogen and oxygen atoms in total. The largest absolute Gasteiger partial charge is 0.317 e. The maximum absolute atomic E-state index is 12.9. The number of nitrogens with zero attached hydrogens (tertiary/aromatic N) is 3. The highest BCUT2D eigenvalue weighted by Crippen LogP contribution is 2.36. The first kappa shape index (κ1) is 23.7. The van der Waals surface area contributed by atoms with Gasteiger partial charge in [0, 0.05) is 12.6 Å². The van der Waals surface area contributed by atoms with Gasteiger partial charge in [-0.25, -0.2) is 18.1 Å². The Bertz CT molecular complexity index is 1100. The van der Waals surface area contributed by atoms with Gasteiger partial charge in [0.15, 0.2) is 5.13 Å². The van der Waals surface area contributed by atoms with Gasteiger partial charge in [0.1, 0.15) is 10.7 Å². The van der Waals surface area contributed by atoms with Crippen LogP contribution < -0.4 is 10.0 Å². The van der Waals surface area contributed by atoms with E-state index in [2.05, 4.69) is 44.0 Å². The fourth-order valence-electron chi connectivity index (χ4n) is 3.14. The molecule has 0 unspecified atom stereocenters. The molecule has 3 rings (SSSR count). The molecule has 11 heteroatoms. The minimum atomic E-state index is -3.73. The fraction of sp³-hybridized carbons (Fsp3) is 0.400. The number of aromatic nitrogens is 3. The highest BCUT2D eigenvalue weighted by Gasteiger charge is 2.20. The second-order valence-electron chi connectivity index (χ2n) is 6.95. The summed E-state index contributed by atoms with van der Waals surface area (Å²) in [7, 11) is -3.73. The SMILES string of the molecule is CCN(CC)CCCNS(=O)(=O)c1cc(-c2sc(Nc3ccn[nH]3)nc2C)ccc1Cl.